The molecular formula is C18H21BrN2O2S. The molecule has 0 aromatic heterocycles. The largest absolute Gasteiger partial charge is 0.294 e. The second kappa shape index (κ2) is 7.35. The molecule has 6 heteroatoms. The van der Waals surface area contributed by atoms with Gasteiger partial charge in [-0.15, -0.1) is 0 Å². The van der Waals surface area contributed by atoms with Crippen LogP contribution in [0.15, 0.2) is 64.0 Å². The normalized spacial score (nSPS) is 20.2. The summed E-state index contributed by atoms with van der Waals surface area (Å²) in [5, 5.41) is 0. The predicted molar refractivity (Wildman–Crippen MR) is 99.2 cm³/mol. The minimum absolute atomic E-state index is 0.184. The number of piperazine rings is 1. The molecule has 1 atom stereocenters. The van der Waals surface area contributed by atoms with Gasteiger partial charge in [-0.2, -0.15) is 4.31 Å². The first-order valence-corrected chi connectivity index (χ1v) is 10.2. The van der Waals surface area contributed by atoms with Gasteiger partial charge in [0.25, 0.3) is 0 Å². The molecule has 2 aromatic rings. The monoisotopic (exact) mass is 408 g/mol. The Morgan fingerprint density at radius 1 is 1.04 bits per heavy atom. The van der Waals surface area contributed by atoms with Gasteiger partial charge in [0, 0.05) is 36.7 Å². The average molecular weight is 409 g/mol. The minimum Gasteiger partial charge on any atom is -0.294 e. The van der Waals surface area contributed by atoms with Crippen LogP contribution in [-0.4, -0.2) is 43.3 Å². The maximum Gasteiger partial charge on any atom is 0.243 e. The predicted octanol–water partition coefficient (Wildman–Crippen LogP) is 3.34. The first-order chi connectivity index (χ1) is 11.5. The lowest BCUT2D eigenvalue weighted by Crippen LogP contribution is -2.53. The number of sulfonamides is 1. The molecular weight excluding hydrogens is 388 g/mol. The fraction of sp³-hybridized carbons (Fsp3) is 0.333. The van der Waals surface area contributed by atoms with E-state index in [1.165, 1.54) is 5.56 Å². The Balaban J connectivity index is 1.69. The number of nitrogens with zero attached hydrogens (tertiary/aromatic N) is 2. The van der Waals surface area contributed by atoms with E-state index in [-0.39, 0.29) is 6.04 Å². The molecule has 3 rings (SSSR count). The Morgan fingerprint density at radius 2 is 1.71 bits per heavy atom. The molecule has 24 heavy (non-hydrogen) atoms. The Kier molecular flexibility index (Phi) is 5.39. The van der Waals surface area contributed by atoms with Crippen molar-refractivity contribution in [3.8, 4) is 0 Å². The van der Waals surface area contributed by atoms with E-state index in [0.717, 1.165) is 17.6 Å². The SMILES string of the molecule is CC1CN(S(=O)(=O)c2ccc(Br)cc2)CCN1Cc1ccccc1. The second-order valence-corrected chi connectivity index (χ2v) is 8.98. The first kappa shape index (κ1) is 17.6. The van der Waals surface area contributed by atoms with Crippen molar-refractivity contribution in [2.75, 3.05) is 19.6 Å². The minimum atomic E-state index is -3.42. The lowest BCUT2D eigenvalue weighted by Gasteiger charge is -2.39. The zero-order valence-electron chi connectivity index (χ0n) is 13.6. The molecule has 1 saturated heterocycles. The van der Waals surface area contributed by atoms with Crippen molar-refractivity contribution in [2.45, 2.75) is 24.4 Å². The Labute approximate surface area is 152 Å². The average Bonchev–Trinajstić information content (AvgIpc) is 2.58. The van der Waals surface area contributed by atoms with Gasteiger partial charge in [0.15, 0.2) is 0 Å². The van der Waals surface area contributed by atoms with Crippen LogP contribution in [0.25, 0.3) is 0 Å². The molecule has 0 amide bonds. The van der Waals surface area contributed by atoms with E-state index in [0.29, 0.717) is 18.0 Å². The number of benzene rings is 2. The maximum atomic E-state index is 12.8. The van der Waals surface area contributed by atoms with E-state index in [9.17, 15) is 8.42 Å². The molecule has 1 fully saturated rings. The van der Waals surface area contributed by atoms with E-state index < -0.39 is 10.0 Å². The summed E-state index contributed by atoms with van der Waals surface area (Å²) >= 11 is 3.34. The lowest BCUT2D eigenvalue weighted by molar-refractivity contribution is 0.122. The van der Waals surface area contributed by atoms with Gasteiger partial charge in [0.2, 0.25) is 10.0 Å². The van der Waals surface area contributed by atoms with Gasteiger partial charge in [-0.25, -0.2) is 8.42 Å². The first-order valence-electron chi connectivity index (χ1n) is 8.00. The third kappa shape index (κ3) is 3.88. The van der Waals surface area contributed by atoms with Crippen molar-refractivity contribution in [2.24, 2.45) is 0 Å². The van der Waals surface area contributed by atoms with Gasteiger partial charge >= 0.3 is 0 Å². The summed E-state index contributed by atoms with van der Waals surface area (Å²) in [7, 11) is -3.42. The third-order valence-electron chi connectivity index (χ3n) is 4.41. The van der Waals surface area contributed by atoms with Crippen LogP contribution in [-0.2, 0) is 16.6 Å². The fourth-order valence-electron chi connectivity index (χ4n) is 2.99. The van der Waals surface area contributed by atoms with E-state index in [1.807, 2.05) is 18.2 Å². The number of hydrogen-bond acceptors (Lipinski definition) is 3. The van der Waals surface area contributed by atoms with Gasteiger partial charge in [-0.3, -0.25) is 4.90 Å². The highest BCUT2D eigenvalue weighted by atomic mass is 79.9. The topological polar surface area (TPSA) is 40.6 Å². The summed E-state index contributed by atoms with van der Waals surface area (Å²) in [6.07, 6.45) is 0. The standard InChI is InChI=1S/C18H21BrN2O2S/c1-15-13-21(24(22,23)18-9-7-17(19)8-10-18)12-11-20(15)14-16-5-3-2-4-6-16/h2-10,15H,11-14H2,1H3. The molecule has 1 aliphatic rings. The molecule has 128 valence electrons. The van der Waals surface area contributed by atoms with E-state index in [4.69, 9.17) is 0 Å². The molecule has 0 saturated carbocycles. The number of halogens is 1. The highest BCUT2D eigenvalue weighted by molar-refractivity contribution is 9.10. The highest BCUT2D eigenvalue weighted by Gasteiger charge is 2.32. The van der Waals surface area contributed by atoms with Crippen LogP contribution in [0.5, 0.6) is 0 Å². The van der Waals surface area contributed by atoms with Gasteiger partial charge in [-0.05, 0) is 36.8 Å². The zero-order chi connectivity index (χ0) is 17.2. The van der Waals surface area contributed by atoms with E-state index in [1.54, 1.807) is 28.6 Å². The van der Waals surface area contributed by atoms with Crippen molar-refractivity contribution >= 4 is 26.0 Å². The smallest absolute Gasteiger partial charge is 0.243 e. The Morgan fingerprint density at radius 3 is 2.33 bits per heavy atom. The molecule has 0 bridgehead atoms. The van der Waals surface area contributed by atoms with Crippen LogP contribution < -0.4 is 0 Å². The van der Waals surface area contributed by atoms with Crippen molar-refractivity contribution < 1.29 is 8.42 Å². The van der Waals surface area contributed by atoms with Gasteiger partial charge in [-0.1, -0.05) is 46.3 Å². The van der Waals surface area contributed by atoms with Crippen LogP contribution in [0, 0.1) is 0 Å². The maximum absolute atomic E-state index is 12.8. The quantitative estimate of drug-likeness (QED) is 0.778. The molecule has 1 heterocycles. The molecule has 0 radical (unpaired) electrons. The molecule has 2 aromatic carbocycles. The summed E-state index contributed by atoms with van der Waals surface area (Å²) in [5.41, 5.74) is 1.26. The molecule has 4 nitrogen and oxygen atoms in total. The van der Waals surface area contributed by atoms with Crippen LogP contribution in [0.2, 0.25) is 0 Å². The van der Waals surface area contributed by atoms with Gasteiger partial charge < -0.3 is 0 Å². The molecule has 1 unspecified atom stereocenters. The van der Waals surface area contributed by atoms with Crippen LogP contribution >= 0.6 is 15.9 Å². The number of hydrogen-bond donors (Lipinski definition) is 0. The van der Waals surface area contributed by atoms with Crippen molar-refractivity contribution in [3.05, 3.63) is 64.6 Å². The second-order valence-electron chi connectivity index (χ2n) is 6.12. The third-order valence-corrected chi connectivity index (χ3v) is 6.82. The Hall–Kier alpha value is -1.21. The molecule has 1 aliphatic heterocycles. The summed E-state index contributed by atoms with van der Waals surface area (Å²) in [6.45, 7) is 4.73. The van der Waals surface area contributed by atoms with Gasteiger partial charge in [0.1, 0.15) is 0 Å². The Bertz CT molecular complexity index is 778. The lowest BCUT2D eigenvalue weighted by atomic mass is 10.1. The van der Waals surface area contributed by atoms with Crippen LogP contribution in [0.1, 0.15) is 12.5 Å². The van der Waals surface area contributed by atoms with Gasteiger partial charge in [0.05, 0.1) is 4.90 Å². The van der Waals surface area contributed by atoms with Crippen molar-refractivity contribution in [1.29, 1.82) is 0 Å². The van der Waals surface area contributed by atoms with Crippen LogP contribution in [0.4, 0.5) is 0 Å². The zero-order valence-corrected chi connectivity index (χ0v) is 16.0. The van der Waals surface area contributed by atoms with Crippen molar-refractivity contribution in [1.82, 2.24) is 9.21 Å². The summed E-state index contributed by atoms with van der Waals surface area (Å²) in [5.74, 6) is 0. The fourth-order valence-corrected chi connectivity index (χ4v) is 4.77. The highest BCUT2D eigenvalue weighted by Crippen LogP contribution is 2.22. The van der Waals surface area contributed by atoms with E-state index >= 15 is 0 Å². The van der Waals surface area contributed by atoms with E-state index in [2.05, 4.69) is 39.9 Å². The van der Waals surface area contributed by atoms with Crippen LogP contribution in [0.3, 0.4) is 0 Å². The van der Waals surface area contributed by atoms with Crippen molar-refractivity contribution in [3.63, 3.8) is 0 Å². The molecule has 0 N–H and O–H groups in total. The molecule has 0 aliphatic carbocycles. The number of rotatable bonds is 4. The molecule has 0 spiro atoms. The summed E-state index contributed by atoms with van der Waals surface area (Å²) in [4.78, 5) is 2.69. The summed E-state index contributed by atoms with van der Waals surface area (Å²) in [6, 6.07) is 17.3. The summed E-state index contributed by atoms with van der Waals surface area (Å²) < 4.78 is 28.1.